The number of fused-ring (bicyclic) bond motifs is 2. The van der Waals surface area contributed by atoms with Crippen LogP contribution in [-0.4, -0.2) is 63.4 Å². The summed E-state index contributed by atoms with van der Waals surface area (Å²) in [6.45, 7) is 7.02. The molecule has 1 aromatic carbocycles. The monoisotopic (exact) mass is 548 g/mol. The lowest BCUT2D eigenvalue weighted by Crippen LogP contribution is -2.46. The molecule has 5 heterocycles. The number of aromatic amines is 1. The highest BCUT2D eigenvalue weighted by Gasteiger charge is 2.35. The van der Waals surface area contributed by atoms with Crippen LogP contribution in [0.15, 0.2) is 39.8 Å². The summed E-state index contributed by atoms with van der Waals surface area (Å²) in [6, 6.07) is 7.50. The highest BCUT2D eigenvalue weighted by molar-refractivity contribution is 7.18. The molecule has 39 heavy (non-hydrogen) atoms. The van der Waals surface area contributed by atoms with Crippen molar-refractivity contribution >= 4 is 50.2 Å². The predicted molar refractivity (Wildman–Crippen MR) is 150 cm³/mol. The zero-order chi connectivity index (χ0) is 27.3. The van der Waals surface area contributed by atoms with E-state index in [0.717, 1.165) is 48.1 Å². The molecule has 0 spiro atoms. The normalized spacial score (nSPS) is 24.3. The number of nitrogens with one attached hydrogen (secondary N) is 2. The van der Waals surface area contributed by atoms with Crippen molar-refractivity contribution in [3.05, 3.63) is 51.4 Å². The van der Waals surface area contributed by atoms with E-state index < -0.39 is 17.4 Å². The molecule has 2 unspecified atom stereocenters. The second-order valence-electron chi connectivity index (χ2n) is 11.3. The van der Waals surface area contributed by atoms with Gasteiger partial charge in [0, 0.05) is 25.6 Å². The van der Waals surface area contributed by atoms with Crippen molar-refractivity contribution in [1.29, 1.82) is 0 Å². The summed E-state index contributed by atoms with van der Waals surface area (Å²) in [6.07, 6.45) is 4.24. The molecule has 2 saturated heterocycles. The van der Waals surface area contributed by atoms with Crippen molar-refractivity contribution in [2.45, 2.75) is 45.1 Å². The van der Waals surface area contributed by atoms with Crippen LogP contribution in [0.5, 0.6) is 0 Å². The fourth-order valence-corrected chi connectivity index (χ4v) is 7.15. The van der Waals surface area contributed by atoms with E-state index in [1.807, 2.05) is 0 Å². The van der Waals surface area contributed by atoms with Gasteiger partial charge in [0.05, 0.1) is 33.2 Å². The first-order chi connectivity index (χ1) is 18.7. The molecule has 2 aliphatic rings. The molecule has 2 N–H and O–H groups in total. The van der Waals surface area contributed by atoms with Crippen LogP contribution >= 0.6 is 11.3 Å². The Hall–Kier alpha value is -3.57. The van der Waals surface area contributed by atoms with E-state index in [9.17, 15) is 14.4 Å². The molecule has 0 bridgehead atoms. The van der Waals surface area contributed by atoms with Crippen LogP contribution in [0.3, 0.4) is 0 Å². The molecule has 0 radical (unpaired) electrons. The van der Waals surface area contributed by atoms with Crippen LogP contribution in [0.4, 0.5) is 5.69 Å². The minimum atomic E-state index is -0.761. The Bertz CT molecular complexity index is 1600. The Morgan fingerprint density at radius 3 is 2.79 bits per heavy atom. The summed E-state index contributed by atoms with van der Waals surface area (Å²) in [5.41, 5.74) is 1.90. The molecule has 10 nitrogen and oxygen atoms in total. The van der Waals surface area contributed by atoms with Crippen molar-refractivity contribution in [3.63, 3.8) is 0 Å². The first-order valence-electron chi connectivity index (χ1n) is 13.4. The average molecular weight is 549 g/mol. The molecule has 2 fully saturated rings. The van der Waals surface area contributed by atoms with E-state index in [4.69, 9.17) is 9.51 Å². The van der Waals surface area contributed by atoms with Gasteiger partial charge in [-0.15, -0.1) is 11.3 Å². The van der Waals surface area contributed by atoms with Crippen molar-refractivity contribution in [2.24, 2.45) is 11.8 Å². The van der Waals surface area contributed by atoms with E-state index in [2.05, 4.69) is 59.5 Å². The topological polar surface area (TPSA) is 124 Å². The number of hydrogen-bond donors (Lipinski definition) is 2. The molecular weight excluding hydrogens is 516 g/mol. The number of carbonyl (C=O) groups is 2. The maximum atomic E-state index is 13.4. The van der Waals surface area contributed by atoms with Crippen molar-refractivity contribution in [1.82, 2.24) is 24.9 Å². The molecule has 204 valence electrons. The number of pyridine rings is 1. The molecule has 2 amide bonds. The van der Waals surface area contributed by atoms with Gasteiger partial charge in [-0.25, -0.2) is 9.97 Å². The lowest BCUT2D eigenvalue weighted by atomic mass is 9.89. The van der Waals surface area contributed by atoms with Gasteiger partial charge in [0.2, 0.25) is 0 Å². The van der Waals surface area contributed by atoms with Gasteiger partial charge in [0.25, 0.3) is 11.3 Å². The zero-order valence-corrected chi connectivity index (χ0v) is 23.1. The minimum absolute atomic E-state index is 0.139. The number of thiazole rings is 1. The van der Waals surface area contributed by atoms with Gasteiger partial charge in [-0.3, -0.25) is 14.4 Å². The number of piperidine rings is 2. The molecular formula is C28H32N6O4S. The summed E-state index contributed by atoms with van der Waals surface area (Å²) in [5, 5.41) is 6.20. The lowest BCUT2D eigenvalue weighted by Gasteiger charge is -2.38. The van der Waals surface area contributed by atoms with Gasteiger partial charge in [0.1, 0.15) is 5.39 Å². The fourth-order valence-electron chi connectivity index (χ4n) is 6.09. The number of carbonyl (C=O) groups excluding carboxylic acids is 2. The van der Waals surface area contributed by atoms with Gasteiger partial charge < -0.3 is 19.6 Å². The van der Waals surface area contributed by atoms with Gasteiger partial charge in [-0.1, -0.05) is 19.9 Å². The van der Waals surface area contributed by atoms with Gasteiger partial charge >= 0.3 is 11.8 Å². The van der Waals surface area contributed by atoms with Crippen molar-refractivity contribution in [3.8, 4) is 0 Å². The number of hydrogen-bond acceptors (Lipinski definition) is 8. The average Bonchev–Trinajstić information content (AvgIpc) is 3.50. The molecule has 3 aromatic heterocycles. The molecule has 4 atom stereocenters. The molecule has 6 rings (SSSR count). The lowest BCUT2D eigenvalue weighted by molar-refractivity contribution is -0.146. The van der Waals surface area contributed by atoms with E-state index in [0.29, 0.717) is 18.4 Å². The van der Waals surface area contributed by atoms with Crippen molar-refractivity contribution in [2.75, 3.05) is 32.0 Å². The summed E-state index contributed by atoms with van der Waals surface area (Å²) in [5.74, 6) is -0.0123. The zero-order valence-electron chi connectivity index (χ0n) is 22.3. The Labute approximate surface area is 229 Å². The number of rotatable bonds is 3. The first kappa shape index (κ1) is 25.7. The second kappa shape index (κ2) is 10.2. The van der Waals surface area contributed by atoms with Gasteiger partial charge in [-0.05, 0) is 61.9 Å². The van der Waals surface area contributed by atoms with Crippen LogP contribution in [0.2, 0.25) is 0 Å². The predicted octanol–water partition coefficient (Wildman–Crippen LogP) is 4.12. The van der Waals surface area contributed by atoms with Crippen LogP contribution in [0.1, 0.15) is 55.6 Å². The Balaban J connectivity index is 1.23. The van der Waals surface area contributed by atoms with Crippen LogP contribution in [-0.2, 0) is 9.59 Å². The summed E-state index contributed by atoms with van der Waals surface area (Å²) in [4.78, 5) is 51.5. The number of amides is 2. The molecule has 4 aromatic rings. The number of anilines is 1. The van der Waals surface area contributed by atoms with E-state index in [1.165, 1.54) is 17.3 Å². The fraction of sp³-hybridized carbons (Fsp3) is 0.464. The van der Waals surface area contributed by atoms with Crippen LogP contribution in [0, 0.1) is 11.8 Å². The third kappa shape index (κ3) is 5.08. The standard InChI is InChI=1S/C28H32N6O4S/c1-15-4-6-22(17-5-7-23-21(9-17)31-27(39-23)18-8-16(2)12-33(3)14-18)34(13-15)28(37)25(36)30-19-10-20-24(35)32-38-26(20)29-11-19/h5,7,9-11,15-16,18,22H,4,6,8,12-14H2,1-3H3,(H,30,36)(H,32,35)/t15-,16?,18?,22+/m0/s1. The Kier molecular flexibility index (Phi) is 6.72. The SMILES string of the molecule is CC1CC(c2nc3cc([C@H]4CC[C@H](C)CN4C(=O)C(=O)Nc4cnc5o[nH]c(=O)c5c4)ccc3s2)CN(C)C1. The van der Waals surface area contributed by atoms with E-state index >= 15 is 0 Å². The number of likely N-dealkylation sites (tertiary alicyclic amines) is 2. The summed E-state index contributed by atoms with van der Waals surface area (Å²) in [7, 11) is 2.17. The van der Waals surface area contributed by atoms with Gasteiger partial charge in [-0.2, -0.15) is 5.16 Å². The highest BCUT2D eigenvalue weighted by Crippen LogP contribution is 2.38. The minimum Gasteiger partial charge on any atom is -0.358 e. The largest absolute Gasteiger partial charge is 0.358 e. The van der Waals surface area contributed by atoms with E-state index in [1.54, 1.807) is 16.2 Å². The second-order valence-corrected chi connectivity index (χ2v) is 12.3. The number of likely N-dealkylation sites (N-methyl/N-ethyl adjacent to an activating group) is 1. The number of nitrogens with zero attached hydrogens (tertiary/aromatic N) is 4. The smallest absolute Gasteiger partial charge is 0.313 e. The van der Waals surface area contributed by atoms with Crippen LogP contribution < -0.4 is 10.9 Å². The Morgan fingerprint density at radius 1 is 1.13 bits per heavy atom. The Morgan fingerprint density at radius 2 is 1.97 bits per heavy atom. The quantitative estimate of drug-likeness (QED) is 0.369. The maximum absolute atomic E-state index is 13.4. The third-order valence-corrected chi connectivity index (χ3v) is 9.07. The first-order valence-corrected chi connectivity index (χ1v) is 14.2. The number of H-pyrrole nitrogens is 1. The highest BCUT2D eigenvalue weighted by atomic mass is 32.1. The maximum Gasteiger partial charge on any atom is 0.313 e. The van der Waals surface area contributed by atoms with Gasteiger partial charge in [0.15, 0.2) is 0 Å². The third-order valence-electron chi connectivity index (χ3n) is 7.87. The van der Waals surface area contributed by atoms with E-state index in [-0.39, 0.29) is 28.7 Å². The summed E-state index contributed by atoms with van der Waals surface area (Å²) >= 11 is 1.76. The molecule has 2 aliphatic heterocycles. The molecule has 0 saturated carbocycles. The molecule has 0 aliphatic carbocycles. The van der Waals surface area contributed by atoms with Crippen molar-refractivity contribution < 1.29 is 14.1 Å². The molecule has 11 heteroatoms. The van der Waals surface area contributed by atoms with Crippen LogP contribution in [0.25, 0.3) is 21.3 Å². The number of benzene rings is 1. The summed E-state index contributed by atoms with van der Waals surface area (Å²) < 4.78 is 6.10. The number of aromatic nitrogens is 3.